The molecule has 0 aliphatic heterocycles. The summed E-state index contributed by atoms with van der Waals surface area (Å²) >= 11 is 11.6. The van der Waals surface area contributed by atoms with Gasteiger partial charge in [0.2, 0.25) is 16.5 Å². The maximum absolute atomic E-state index is 5.82. The van der Waals surface area contributed by atoms with Crippen LogP contribution >= 0.6 is 23.2 Å². The van der Waals surface area contributed by atoms with Crippen LogP contribution in [-0.4, -0.2) is 27.5 Å². The fraction of sp³-hybridized carbons (Fsp3) is 0.727. The lowest BCUT2D eigenvalue weighted by Crippen LogP contribution is -2.38. The van der Waals surface area contributed by atoms with E-state index >= 15 is 0 Å². The summed E-state index contributed by atoms with van der Waals surface area (Å²) in [6.45, 7) is 2.96. The topological polar surface area (TPSA) is 41.9 Å². The summed E-state index contributed by atoms with van der Waals surface area (Å²) < 4.78 is 0. The van der Waals surface area contributed by atoms with Crippen LogP contribution in [-0.2, 0) is 0 Å². The maximum Gasteiger partial charge on any atom is 0.231 e. The van der Waals surface area contributed by atoms with E-state index in [4.69, 9.17) is 23.2 Å². The lowest BCUT2D eigenvalue weighted by Gasteiger charge is -2.33. The van der Waals surface area contributed by atoms with Gasteiger partial charge < -0.3 is 4.90 Å². The lowest BCUT2D eigenvalue weighted by atomic mass is 9.94. The van der Waals surface area contributed by atoms with Gasteiger partial charge in [-0.05, 0) is 43.0 Å². The third kappa shape index (κ3) is 3.19. The molecule has 1 aliphatic carbocycles. The van der Waals surface area contributed by atoms with Gasteiger partial charge in [0.25, 0.3) is 0 Å². The van der Waals surface area contributed by atoms with Gasteiger partial charge in [0, 0.05) is 12.6 Å². The first kappa shape index (κ1) is 12.8. The standard InChI is InChI=1S/C11H16Cl2N4/c1-2-17(8-6-4-3-5-7-8)11-15-9(12)14-10(13)16-11/h8H,2-7H2,1H3. The predicted molar refractivity (Wildman–Crippen MR) is 69.7 cm³/mol. The van der Waals surface area contributed by atoms with Crippen molar-refractivity contribution in [2.75, 3.05) is 11.4 Å². The van der Waals surface area contributed by atoms with E-state index in [1.165, 1.54) is 32.1 Å². The van der Waals surface area contributed by atoms with E-state index in [1.807, 2.05) is 0 Å². The van der Waals surface area contributed by atoms with Crippen molar-refractivity contribution in [1.29, 1.82) is 0 Å². The molecule has 0 radical (unpaired) electrons. The molecule has 1 aromatic rings. The fourth-order valence-electron chi connectivity index (χ4n) is 2.40. The van der Waals surface area contributed by atoms with Crippen LogP contribution in [0.3, 0.4) is 0 Å². The summed E-state index contributed by atoms with van der Waals surface area (Å²) in [7, 11) is 0. The van der Waals surface area contributed by atoms with Crippen molar-refractivity contribution in [1.82, 2.24) is 15.0 Å². The fourth-order valence-corrected chi connectivity index (χ4v) is 2.75. The average molecular weight is 275 g/mol. The van der Waals surface area contributed by atoms with Gasteiger partial charge >= 0.3 is 0 Å². The van der Waals surface area contributed by atoms with Crippen LogP contribution in [0.15, 0.2) is 0 Å². The Bertz CT molecular complexity index is 359. The molecule has 4 nitrogen and oxygen atoms in total. The van der Waals surface area contributed by atoms with Crippen molar-refractivity contribution in [3.8, 4) is 0 Å². The van der Waals surface area contributed by atoms with Crippen LogP contribution in [0, 0.1) is 0 Å². The zero-order chi connectivity index (χ0) is 12.3. The van der Waals surface area contributed by atoms with Crippen molar-refractivity contribution >= 4 is 29.2 Å². The summed E-state index contributed by atoms with van der Waals surface area (Å²) in [6.07, 6.45) is 6.25. The average Bonchev–Trinajstić information content (AvgIpc) is 2.30. The SMILES string of the molecule is CCN(c1nc(Cl)nc(Cl)n1)C1CCCCC1. The number of aromatic nitrogens is 3. The Morgan fingerprint density at radius 3 is 2.18 bits per heavy atom. The highest BCUT2D eigenvalue weighted by molar-refractivity contribution is 6.31. The van der Waals surface area contributed by atoms with Crippen LogP contribution in [0.2, 0.25) is 10.6 Å². The van der Waals surface area contributed by atoms with Crippen molar-refractivity contribution in [3.05, 3.63) is 10.6 Å². The monoisotopic (exact) mass is 274 g/mol. The second-order valence-electron chi connectivity index (χ2n) is 4.25. The van der Waals surface area contributed by atoms with Gasteiger partial charge in [0.05, 0.1) is 0 Å². The molecule has 0 atom stereocenters. The Morgan fingerprint density at radius 1 is 1.06 bits per heavy atom. The Labute approximate surface area is 111 Å². The van der Waals surface area contributed by atoms with Crippen molar-refractivity contribution in [2.24, 2.45) is 0 Å². The Balaban J connectivity index is 2.21. The van der Waals surface area contributed by atoms with E-state index in [-0.39, 0.29) is 10.6 Å². The second kappa shape index (κ2) is 5.83. The van der Waals surface area contributed by atoms with Gasteiger partial charge in [0.1, 0.15) is 0 Å². The summed E-state index contributed by atoms with van der Waals surface area (Å²) in [6, 6.07) is 0.503. The van der Waals surface area contributed by atoms with E-state index in [9.17, 15) is 0 Å². The Hall–Kier alpha value is -0.610. The molecule has 2 rings (SSSR count). The molecule has 0 saturated heterocycles. The van der Waals surface area contributed by atoms with Crippen LogP contribution in [0.1, 0.15) is 39.0 Å². The summed E-state index contributed by atoms with van der Waals surface area (Å²) in [5, 5.41) is 0.323. The number of hydrogen-bond donors (Lipinski definition) is 0. The lowest BCUT2D eigenvalue weighted by molar-refractivity contribution is 0.414. The highest BCUT2D eigenvalue weighted by atomic mass is 35.5. The summed E-state index contributed by atoms with van der Waals surface area (Å²) in [4.78, 5) is 14.3. The molecule has 0 amide bonds. The first-order valence-electron chi connectivity index (χ1n) is 6.04. The number of rotatable bonds is 3. The zero-order valence-electron chi connectivity index (χ0n) is 9.86. The molecule has 94 valence electrons. The van der Waals surface area contributed by atoms with Crippen LogP contribution in [0.25, 0.3) is 0 Å². The van der Waals surface area contributed by atoms with Crippen LogP contribution in [0.5, 0.6) is 0 Å². The highest BCUT2D eigenvalue weighted by Crippen LogP contribution is 2.26. The smallest absolute Gasteiger partial charge is 0.231 e. The van der Waals surface area contributed by atoms with Gasteiger partial charge in [-0.15, -0.1) is 0 Å². The van der Waals surface area contributed by atoms with E-state index in [0.717, 1.165) is 6.54 Å². The van der Waals surface area contributed by atoms with E-state index in [0.29, 0.717) is 12.0 Å². The normalized spacial score (nSPS) is 17.1. The van der Waals surface area contributed by atoms with E-state index in [2.05, 4.69) is 26.8 Å². The van der Waals surface area contributed by atoms with Gasteiger partial charge in [0.15, 0.2) is 0 Å². The van der Waals surface area contributed by atoms with Crippen molar-refractivity contribution < 1.29 is 0 Å². The largest absolute Gasteiger partial charge is 0.338 e. The molecule has 0 unspecified atom stereocenters. The molecule has 17 heavy (non-hydrogen) atoms. The first-order chi connectivity index (χ1) is 8.20. The van der Waals surface area contributed by atoms with Crippen molar-refractivity contribution in [2.45, 2.75) is 45.1 Å². The van der Waals surface area contributed by atoms with E-state index < -0.39 is 0 Å². The molecule has 6 heteroatoms. The minimum atomic E-state index is 0.161. The first-order valence-corrected chi connectivity index (χ1v) is 6.80. The van der Waals surface area contributed by atoms with Crippen molar-refractivity contribution in [3.63, 3.8) is 0 Å². The van der Waals surface area contributed by atoms with Gasteiger partial charge in [-0.1, -0.05) is 19.3 Å². The molecular weight excluding hydrogens is 259 g/mol. The molecular formula is C11H16Cl2N4. The quantitative estimate of drug-likeness (QED) is 0.848. The van der Waals surface area contributed by atoms with Gasteiger partial charge in [-0.25, -0.2) is 0 Å². The minimum absolute atomic E-state index is 0.161. The van der Waals surface area contributed by atoms with Crippen LogP contribution in [0.4, 0.5) is 5.95 Å². The molecule has 0 N–H and O–H groups in total. The third-order valence-corrected chi connectivity index (χ3v) is 3.52. The number of anilines is 1. The Kier molecular flexibility index (Phi) is 4.40. The summed E-state index contributed by atoms with van der Waals surface area (Å²) in [5.41, 5.74) is 0. The molecule has 1 heterocycles. The highest BCUT2D eigenvalue weighted by Gasteiger charge is 2.22. The minimum Gasteiger partial charge on any atom is -0.338 e. The maximum atomic E-state index is 5.82. The third-order valence-electron chi connectivity index (χ3n) is 3.18. The van der Waals surface area contributed by atoms with Crippen LogP contribution < -0.4 is 4.90 Å². The molecule has 0 aromatic carbocycles. The van der Waals surface area contributed by atoms with E-state index in [1.54, 1.807) is 0 Å². The van der Waals surface area contributed by atoms with Gasteiger partial charge in [-0.3, -0.25) is 0 Å². The molecule has 0 bridgehead atoms. The number of halogens is 2. The molecule has 1 aliphatic rings. The molecule has 1 fully saturated rings. The molecule has 1 aromatic heterocycles. The number of hydrogen-bond acceptors (Lipinski definition) is 4. The summed E-state index contributed by atoms with van der Waals surface area (Å²) in [5.74, 6) is 0.601. The Morgan fingerprint density at radius 2 is 1.65 bits per heavy atom. The predicted octanol–water partition coefficient (Wildman–Crippen LogP) is 3.34. The molecule has 1 saturated carbocycles. The molecule has 0 spiro atoms. The second-order valence-corrected chi connectivity index (χ2v) is 4.93. The number of nitrogens with zero attached hydrogens (tertiary/aromatic N) is 4. The zero-order valence-corrected chi connectivity index (χ0v) is 11.4. The van der Waals surface area contributed by atoms with Gasteiger partial charge in [-0.2, -0.15) is 15.0 Å².